The van der Waals surface area contributed by atoms with Crippen molar-refractivity contribution in [2.45, 2.75) is 70.8 Å². The summed E-state index contributed by atoms with van der Waals surface area (Å²) < 4.78 is 11.0. The molecule has 0 aromatic carbocycles. The molecule has 1 aliphatic carbocycles. The number of hydrogen-bond donors (Lipinski definition) is 0. The van der Waals surface area contributed by atoms with Gasteiger partial charge in [-0.2, -0.15) is 0 Å². The second-order valence-corrected chi connectivity index (χ2v) is 5.78. The lowest BCUT2D eigenvalue weighted by molar-refractivity contribution is -0.125. The van der Waals surface area contributed by atoms with Crippen LogP contribution < -0.4 is 0 Å². The SMILES string of the molecule is CC(=O)CCCOCCCC(=O)COC1C#CCCCCC1. The van der Waals surface area contributed by atoms with Crippen molar-refractivity contribution in [2.24, 2.45) is 0 Å². The zero-order chi connectivity index (χ0) is 16.0. The van der Waals surface area contributed by atoms with Gasteiger partial charge in [-0.25, -0.2) is 0 Å². The number of hydrogen-bond acceptors (Lipinski definition) is 4. The van der Waals surface area contributed by atoms with Crippen LogP contribution in [0.15, 0.2) is 0 Å². The first-order chi connectivity index (χ1) is 10.7. The molecule has 0 bridgehead atoms. The summed E-state index contributed by atoms with van der Waals surface area (Å²) in [6.45, 7) is 2.89. The van der Waals surface area contributed by atoms with Crippen molar-refractivity contribution in [3.05, 3.63) is 0 Å². The molecular formula is C18H28O4. The summed E-state index contributed by atoms with van der Waals surface area (Å²) in [7, 11) is 0. The lowest BCUT2D eigenvalue weighted by Gasteiger charge is -2.13. The number of carbonyl (C=O) groups is 2. The molecule has 22 heavy (non-hydrogen) atoms. The maximum absolute atomic E-state index is 11.7. The van der Waals surface area contributed by atoms with Gasteiger partial charge in [-0.3, -0.25) is 4.79 Å². The van der Waals surface area contributed by atoms with Crippen LogP contribution >= 0.6 is 0 Å². The quantitative estimate of drug-likeness (QED) is 0.435. The summed E-state index contributed by atoms with van der Waals surface area (Å²) in [6.07, 6.45) is 7.80. The monoisotopic (exact) mass is 308 g/mol. The Morgan fingerprint density at radius 3 is 2.64 bits per heavy atom. The van der Waals surface area contributed by atoms with E-state index in [9.17, 15) is 9.59 Å². The van der Waals surface area contributed by atoms with Crippen LogP contribution in [0.25, 0.3) is 0 Å². The van der Waals surface area contributed by atoms with E-state index in [0.29, 0.717) is 32.5 Å². The van der Waals surface area contributed by atoms with Crippen molar-refractivity contribution in [1.29, 1.82) is 0 Å². The van der Waals surface area contributed by atoms with Crippen LogP contribution in [-0.4, -0.2) is 37.5 Å². The average Bonchev–Trinajstić information content (AvgIpc) is 2.44. The van der Waals surface area contributed by atoms with Crippen LogP contribution in [0.5, 0.6) is 0 Å². The normalized spacial score (nSPS) is 18.0. The third-order valence-corrected chi connectivity index (χ3v) is 3.54. The van der Waals surface area contributed by atoms with E-state index in [1.54, 1.807) is 6.92 Å². The van der Waals surface area contributed by atoms with Gasteiger partial charge in [0.05, 0.1) is 0 Å². The Bertz CT molecular complexity index is 392. The van der Waals surface area contributed by atoms with E-state index >= 15 is 0 Å². The molecule has 0 N–H and O–H groups in total. The molecule has 124 valence electrons. The standard InChI is InChI=1S/C18H28O4/c1-16(19)9-7-13-21-14-8-10-17(20)15-22-18-11-5-3-2-4-6-12-18/h18H,2-5,7-11,13-15H2,1H3. The molecule has 0 fully saturated rings. The largest absolute Gasteiger partial charge is 0.381 e. The van der Waals surface area contributed by atoms with Crippen molar-refractivity contribution in [2.75, 3.05) is 19.8 Å². The highest BCUT2D eigenvalue weighted by molar-refractivity contribution is 5.79. The maximum Gasteiger partial charge on any atom is 0.158 e. The van der Waals surface area contributed by atoms with Crippen molar-refractivity contribution in [3.8, 4) is 11.8 Å². The highest BCUT2D eigenvalue weighted by Gasteiger charge is 2.10. The second kappa shape index (κ2) is 12.4. The molecule has 0 aromatic heterocycles. The van der Waals surface area contributed by atoms with E-state index in [1.165, 1.54) is 12.8 Å². The molecule has 0 saturated carbocycles. The van der Waals surface area contributed by atoms with Gasteiger partial charge in [-0.15, -0.1) is 5.92 Å². The summed E-state index contributed by atoms with van der Waals surface area (Å²) in [5, 5.41) is 0. The molecule has 1 aliphatic rings. The third-order valence-electron chi connectivity index (χ3n) is 3.54. The highest BCUT2D eigenvalue weighted by atomic mass is 16.5. The maximum atomic E-state index is 11.7. The Kier molecular flexibility index (Phi) is 10.6. The fraction of sp³-hybridized carbons (Fsp3) is 0.778. The molecule has 1 rings (SSSR count). The molecule has 1 atom stereocenters. The Labute approximate surface area is 133 Å². The molecule has 0 radical (unpaired) electrons. The van der Waals surface area contributed by atoms with E-state index in [0.717, 1.165) is 25.7 Å². The Morgan fingerprint density at radius 1 is 1.09 bits per heavy atom. The van der Waals surface area contributed by atoms with Crippen LogP contribution in [0.3, 0.4) is 0 Å². The van der Waals surface area contributed by atoms with Gasteiger partial charge in [0.2, 0.25) is 0 Å². The Balaban J connectivity index is 2.00. The Morgan fingerprint density at radius 2 is 1.86 bits per heavy atom. The van der Waals surface area contributed by atoms with Crippen LogP contribution in [0, 0.1) is 11.8 Å². The van der Waals surface area contributed by atoms with Crippen LogP contribution in [-0.2, 0) is 19.1 Å². The molecule has 1 unspecified atom stereocenters. The van der Waals surface area contributed by atoms with E-state index in [-0.39, 0.29) is 24.3 Å². The van der Waals surface area contributed by atoms with Gasteiger partial charge in [0.15, 0.2) is 5.78 Å². The minimum atomic E-state index is -0.0768. The highest BCUT2D eigenvalue weighted by Crippen LogP contribution is 2.11. The van der Waals surface area contributed by atoms with Crippen LogP contribution in [0.2, 0.25) is 0 Å². The molecule has 0 aliphatic heterocycles. The first kappa shape index (κ1) is 18.9. The molecule has 0 saturated heterocycles. The summed E-state index contributed by atoms with van der Waals surface area (Å²) >= 11 is 0. The molecule has 0 spiro atoms. The zero-order valence-corrected chi connectivity index (χ0v) is 13.7. The smallest absolute Gasteiger partial charge is 0.158 e. The van der Waals surface area contributed by atoms with Gasteiger partial charge in [-0.1, -0.05) is 12.3 Å². The predicted molar refractivity (Wildman–Crippen MR) is 85.6 cm³/mol. The van der Waals surface area contributed by atoms with Gasteiger partial charge in [-0.05, 0) is 39.0 Å². The van der Waals surface area contributed by atoms with E-state index < -0.39 is 0 Å². The fourth-order valence-corrected chi connectivity index (χ4v) is 2.27. The predicted octanol–water partition coefficient (Wildman–Crippen LogP) is 3.07. The zero-order valence-electron chi connectivity index (χ0n) is 13.7. The number of carbonyl (C=O) groups excluding carboxylic acids is 2. The van der Waals surface area contributed by atoms with Gasteiger partial charge < -0.3 is 14.3 Å². The lowest BCUT2D eigenvalue weighted by atomic mass is 10.1. The Hall–Kier alpha value is -1.18. The van der Waals surface area contributed by atoms with Crippen molar-refractivity contribution in [3.63, 3.8) is 0 Å². The topological polar surface area (TPSA) is 52.6 Å². The fourth-order valence-electron chi connectivity index (χ4n) is 2.27. The van der Waals surface area contributed by atoms with E-state index in [2.05, 4.69) is 11.8 Å². The average molecular weight is 308 g/mol. The minimum absolute atomic E-state index is 0.0768. The number of rotatable bonds is 11. The lowest BCUT2D eigenvalue weighted by Crippen LogP contribution is -2.18. The number of ether oxygens (including phenoxy) is 2. The van der Waals surface area contributed by atoms with Gasteiger partial charge in [0.1, 0.15) is 18.5 Å². The molecule has 4 heteroatoms. The molecule has 0 heterocycles. The van der Waals surface area contributed by atoms with Crippen LogP contribution in [0.1, 0.15) is 64.7 Å². The van der Waals surface area contributed by atoms with Gasteiger partial charge in [0, 0.05) is 32.5 Å². The minimum Gasteiger partial charge on any atom is -0.381 e. The van der Waals surface area contributed by atoms with E-state index in [1.807, 2.05) is 0 Å². The first-order valence-corrected chi connectivity index (χ1v) is 8.37. The third kappa shape index (κ3) is 10.5. The summed E-state index contributed by atoms with van der Waals surface area (Å²) in [4.78, 5) is 22.5. The second-order valence-electron chi connectivity index (χ2n) is 5.78. The molecular weight excluding hydrogens is 280 g/mol. The van der Waals surface area contributed by atoms with Gasteiger partial charge >= 0.3 is 0 Å². The first-order valence-electron chi connectivity index (χ1n) is 8.37. The summed E-state index contributed by atoms with van der Waals surface area (Å²) in [6, 6.07) is 0. The number of ketones is 2. The number of Topliss-reactive ketones (excluding diaryl/α,β-unsaturated/α-hetero) is 2. The molecule has 4 nitrogen and oxygen atoms in total. The van der Waals surface area contributed by atoms with Crippen molar-refractivity contribution < 1.29 is 19.1 Å². The molecule has 0 amide bonds. The van der Waals surface area contributed by atoms with Gasteiger partial charge in [0.25, 0.3) is 0 Å². The summed E-state index contributed by atoms with van der Waals surface area (Å²) in [5.74, 6) is 6.51. The van der Waals surface area contributed by atoms with Crippen LogP contribution in [0.4, 0.5) is 0 Å². The van der Waals surface area contributed by atoms with Crippen molar-refractivity contribution >= 4 is 11.6 Å². The molecule has 0 aromatic rings. The van der Waals surface area contributed by atoms with Crippen molar-refractivity contribution in [1.82, 2.24) is 0 Å². The van der Waals surface area contributed by atoms with E-state index in [4.69, 9.17) is 9.47 Å². The summed E-state index contributed by atoms with van der Waals surface area (Å²) in [5.41, 5.74) is 0.